The van der Waals surface area contributed by atoms with Crippen molar-refractivity contribution in [2.75, 3.05) is 0 Å². The van der Waals surface area contributed by atoms with E-state index in [2.05, 4.69) is 15.8 Å². The van der Waals surface area contributed by atoms with E-state index in [4.69, 9.17) is 10.0 Å². The summed E-state index contributed by atoms with van der Waals surface area (Å²) in [7, 11) is 0. The molecule has 0 aromatic carbocycles. The molecule has 0 spiro atoms. The minimum absolute atomic E-state index is 0. The van der Waals surface area contributed by atoms with E-state index < -0.39 is 5.94 Å². The van der Waals surface area contributed by atoms with Crippen LogP contribution in [0, 0.1) is 0 Å². The average Bonchev–Trinajstić information content (AvgIpc) is 0.811. The van der Waals surface area contributed by atoms with Crippen LogP contribution in [-0.4, -0.2) is 5.94 Å². The normalized spacial score (nSPS) is 4.50. The Labute approximate surface area is 69.2 Å². The minimum Gasteiger partial charge on any atom is -0.884 e. The standard InChI is InChI=1S/BBrO2.2Li/c2-1(3)4;;/q-2;2*+1. The molecule has 0 heterocycles. The summed E-state index contributed by atoms with van der Waals surface area (Å²) in [6.07, 6.45) is 0. The van der Waals surface area contributed by atoms with Crippen molar-refractivity contribution >= 4 is 21.7 Å². The summed E-state index contributed by atoms with van der Waals surface area (Å²) in [4.78, 5) is 0. The van der Waals surface area contributed by atoms with Gasteiger partial charge in [0.1, 0.15) is 0 Å². The van der Waals surface area contributed by atoms with Crippen LogP contribution < -0.4 is 47.8 Å². The predicted molar refractivity (Wildman–Crippen MR) is 14.7 cm³/mol. The summed E-state index contributed by atoms with van der Waals surface area (Å²) in [6.45, 7) is 0. The van der Waals surface area contributed by atoms with Crippen molar-refractivity contribution in [2.45, 2.75) is 0 Å². The quantitative estimate of drug-likeness (QED) is 0.311. The second-order valence-electron chi connectivity index (χ2n) is 0.274. The van der Waals surface area contributed by atoms with Gasteiger partial charge in [-0.3, -0.25) is 0 Å². The molecule has 0 aromatic heterocycles. The molecule has 6 heteroatoms. The minimum atomic E-state index is -1.85. The molecule has 0 aromatic rings. The zero-order valence-electron chi connectivity index (χ0n) is 3.77. The topological polar surface area (TPSA) is 46.1 Å². The van der Waals surface area contributed by atoms with Gasteiger partial charge in [-0.05, 0) is 5.94 Å². The van der Waals surface area contributed by atoms with Gasteiger partial charge in [0.15, 0.2) is 0 Å². The van der Waals surface area contributed by atoms with Crippen molar-refractivity contribution < 1.29 is 47.8 Å². The maximum atomic E-state index is 8.89. The second-order valence-corrected chi connectivity index (χ2v) is 1.02. The first kappa shape index (κ1) is 15.6. The molecule has 0 N–H and O–H groups in total. The van der Waals surface area contributed by atoms with Crippen molar-refractivity contribution in [3.8, 4) is 0 Å². The van der Waals surface area contributed by atoms with Crippen LogP contribution in [0.15, 0.2) is 0 Å². The molecule has 0 aliphatic carbocycles. The van der Waals surface area contributed by atoms with Crippen molar-refractivity contribution in [3.05, 3.63) is 0 Å². The van der Waals surface area contributed by atoms with E-state index in [9.17, 15) is 0 Å². The maximum Gasteiger partial charge on any atom is 1.00 e. The van der Waals surface area contributed by atoms with Crippen LogP contribution >= 0.6 is 15.8 Å². The van der Waals surface area contributed by atoms with Gasteiger partial charge in [0.05, 0.1) is 0 Å². The SMILES string of the molecule is [Li+].[Li+].[O-]B([O-])Br. The summed E-state index contributed by atoms with van der Waals surface area (Å²) in [5.41, 5.74) is 0. The summed E-state index contributed by atoms with van der Waals surface area (Å²) in [6, 6.07) is 0. The first-order valence-electron chi connectivity index (χ1n) is 0.690. The molecule has 0 radical (unpaired) electrons. The van der Waals surface area contributed by atoms with Gasteiger partial charge < -0.3 is 10.0 Å². The van der Waals surface area contributed by atoms with Crippen molar-refractivity contribution in [1.82, 2.24) is 0 Å². The molecule has 0 atom stereocenters. The smallest absolute Gasteiger partial charge is 0.884 e. The van der Waals surface area contributed by atoms with Gasteiger partial charge in [-0.1, -0.05) is 0 Å². The third-order valence-corrected chi connectivity index (χ3v) is 0. The van der Waals surface area contributed by atoms with Gasteiger partial charge in [-0.15, -0.1) is 0 Å². The molecule has 0 saturated carbocycles. The molecule has 2 nitrogen and oxygen atoms in total. The van der Waals surface area contributed by atoms with Gasteiger partial charge in [-0.25, -0.2) is 15.8 Å². The van der Waals surface area contributed by atoms with E-state index in [0.29, 0.717) is 0 Å². The third-order valence-electron chi connectivity index (χ3n) is 0. The molecule has 0 unspecified atom stereocenters. The molecule has 0 saturated heterocycles. The average molecular weight is 137 g/mol. The van der Waals surface area contributed by atoms with Crippen LogP contribution in [0.1, 0.15) is 0 Å². The van der Waals surface area contributed by atoms with Gasteiger partial charge in [-0.2, -0.15) is 0 Å². The molecule has 0 rings (SSSR count). The van der Waals surface area contributed by atoms with Crippen molar-refractivity contribution in [2.24, 2.45) is 0 Å². The largest absolute Gasteiger partial charge is 1.00 e. The van der Waals surface area contributed by atoms with Crippen molar-refractivity contribution in [1.29, 1.82) is 0 Å². The third kappa shape index (κ3) is 44.6. The molecule has 24 valence electrons. The number of hydrogen-bond donors (Lipinski definition) is 0. The van der Waals surface area contributed by atoms with Crippen LogP contribution in [-0.2, 0) is 0 Å². The Kier molecular flexibility index (Phi) is 25.6. The molecule has 0 fully saturated rings. The van der Waals surface area contributed by atoms with E-state index in [0.717, 1.165) is 0 Å². The fourth-order valence-corrected chi connectivity index (χ4v) is 0. The number of halogens is 1. The van der Waals surface area contributed by atoms with Crippen LogP contribution in [0.5, 0.6) is 0 Å². The predicted octanol–water partition coefficient (Wildman–Crippen LogP) is -7.91. The van der Waals surface area contributed by atoms with E-state index in [1.165, 1.54) is 0 Å². The van der Waals surface area contributed by atoms with Gasteiger partial charge >= 0.3 is 37.7 Å². The second kappa shape index (κ2) is 9.82. The Bertz CT molecular complexity index is 16.3. The summed E-state index contributed by atoms with van der Waals surface area (Å²) in [5.74, 6) is -1.85. The molecule has 0 aliphatic heterocycles. The molecule has 0 aliphatic rings. The molecular formula is BBrLi2O2. The number of hydrogen-bond acceptors (Lipinski definition) is 2. The summed E-state index contributed by atoms with van der Waals surface area (Å²) >= 11 is 2.16. The van der Waals surface area contributed by atoms with Gasteiger partial charge in [0, 0.05) is 0 Å². The van der Waals surface area contributed by atoms with Crippen LogP contribution in [0.2, 0.25) is 0 Å². The Morgan fingerprint density at radius 2 is 1.17 bits per heavy atom. The Morgan fingerprint density at radius 1 is 1.17 bits per heavy atom. The molecular weight excluding hydrogens is 137 g/mol. The first-order chi connectivity index (χ1) is 1.73. The van der Waals surface area contributed by atoms with E-state index in [1.807, 2.05) is 0 Å². The molecule has 0 amide bonds. The fourth-order valence-electron chi connectivity index (χ4n) is 0. The molecule has 0 bridgehead atoms. The van der Waals surface area contributed by atoms with E-state index in [1.54, 1.807) is 0 Å². The van der Waals surface area contributed by atoms with Crippen LogP contribution in [0.4, 0.5) is 0 Å². The van der Waals surface area contributed by atoms with Gasteiger partial charge in [0.2, 0.25) is 0 Å². The monoisotopic (exact) mass is 136 g/mol. The molecule has 6 heavy (non-hydrogen) atoms. The summed E-state index contributed by atoms with van der Waals surface area (Å²) in [5, 5.41) is 17.8. The van der Waals surface area contributed by atoms with Crippen LogP contribution in [0.3, 0.4) is 0 Å². The van der Waals surface area contributed by atoms with Gasteiger partial charge in [0.25, 0.3) is 0 Å². The Morgan fingerprint density at radius 3 is 1.17 bits per heavy atom. The van der Waals surface area contributed by atoms with E-state index in [-0.39, 0.29) is 37.7 Å². The van der Waals surface area contributed by atoms with Crippen molar-refractivity contribution in [3.63, 3.8) is 0 Å². The van der Waals surface area contributed by atoms with E-state index >= 15 is 0 Å². The Balaban J connectivity index is -0.0000000450. The fraction of sp³-hybridized carbons (Fsp3) is 0. The number of rotatable bonds is 0. The maximum absolute atomic E-state index is 8.89. The zero-order chi connectivity index (χ0) is 3.58. The van der Waals surface area contributed by atoms with Crippen LogP contribution in [0.25, 0.3) is 0 Å². The summed E-state index contributed by atoms with van der Waals surface area (Å²) < 4.78 is 0. The zero-order valence-corrected chi connectivity index (χ0v) is 5.36. The Hall–Kier alpha value is 1.66. The first-order valence-corrected chi connectivity index (χ1v) is 1.61.